The van der Waals surface area contributed by atoms with E-state index >= 15 is 0 Å². The molecule has 1 aromatic carbocycles. The van der Waals surface area contributed by atoms with Gasteiger partial charge in [0, 0.05) is 18.1 Å². The van der Waals surface area contributed by atoms with Gasteiger partial charge in [-0.05, 0) is 56.5 Å². The van der Waals surface area contributed by atoms with E-state index in [1.54, 1.807) is 18.3 Å². The minimum Gasteiger partial charge on any atom is -0.316 e. The predicted molar refractivity (Wildman–Crippen MR) is 94.5 cm³/mol. The molecule has 1 aliphatic rings. The number of aryl methyl sites for hydroxylation is 1. The molecule has 2 heterocycles. The molecule has 0 radical (unpaired) electrons. The molecule has 1 saturated heterocycles. The number of benzene rings is 1. The Hall–Kier alpha value is -1.21. The molecular weight excluding hydrogens is 334 g/mol. The molecule has 7 heteroatoms. The van der Waals surface area contributed by atoms with Crippen molar-refractivity contribution in [3.8, 4) is 0 Å². The van der Waals surface area contributed by atoms with Gasteiger partial charge in [0.25, 0.3) is 0 Å². The second-order valence-electron chi connectivity index (χ2n) is 5.89. The number of nitrogens with one attached hydrogen (secondary N) is 2. The first-order valence-corrected chi connectivity index (χ1v) is 9.10. The van der Waals surface area contributed by atoms with Crippen LogP contribution in [-0.2, 0) is 10.0 Å². The highest BCUT2D eigenvalue weighted by molar-refractivity contribution is 7.89. The van der Waals surface area contributed by atoms with Crippen molar-refractivity contribution in [2.24, 2.45) is 5.92 Å². The molecule has 126 valence electrons. The van der Waals surface area contributed by atoms with Crippen LogP contribution >= 0.6 is 12.4 Å². The van der Waals surface area contributed by atoms with Gasteiger partial charge in [0.2, 0.25) is 10.0 Å². The normalized spacial score (nSPS) is 18.0. The van der Waals surface area contributed by atoms with Crippen molar-refractivity contribution in [3.63, 3.8) is 0 Å². The quantitative estimate of drug-likeness (QED) is 0.862. The van der Waals surface area contributed by atoms with E-state index in [9.17, 15) is 8.42 Å². The van der Waals surface area contributed by atoms with Crippen molar-refractivity contribution in [2.45, 2.75) is 24.7 Å². The third kappa shape index (κ3) is 4.20. The van der Waals surface area contributed by atoms with Gasteiger partial charge in [-0.25, -0.2) is 13.1 Å². The lowest BCUT2D eigenvalue weighted by Gasteiger charge is -2.11. The van der Waals surface area contributed by atoms with E-state index in [-0.39, 0.29) is 17.3 Å². The Morgan fingerprint density at radius 1 is 1.39 bits per heavy atom. The molecule has 1 fully saturated rings. The number of hydrogen-bond acceptors (Lipinski definition) is 4. The van der Waals surface area contributed by atoms with Crippen molar-refractivity contribution in [3.05, 3.63) is 36.0 Å². The van der Waals surface area contributed by atoms with E-state index in [4.69, 9.17) is 0 Å². The van der Waals surface area contributed by atoms with Crippen molar-refractivity contribution >= 4 is 33.3 Å². The van der Waals surface area contributed by atoms with E-state index < -0.39 is 10.0 Å². The fraction of sp³-hybridized carbons (Fsp3) is 0.438. The van der Waals surface area contributed by atoms with Crippen LogP contribution in [0.1, 0.15) is 18.4 Å². The van der Waals surface area contributed by atoms with Crippen molar-refractivity contribution in [1.82, 2.24) is 15.0 Å². The van der Waals surface area contributed by atoms with Gasteiger partial charge in [-0.2, -0.15) is 0 Å². The minimum absolute atomic E-state index is 0. The zero-order chi connectivity index (χ0) is 15.6. The van der Waals surface area contributed by atoms with E-state index in [1.807, 2.05) is 19.1 Å². The third-order valence-corrected chi connectivity index (χ3v) is 5.60. The highest BCUT2D eigenvalue weighted by Gasteiger charge is 2.19. The number of hydrogen-bond donors (Lipinski definition) is 2. The summed E-state index contributed by atoms with van der Waals surface area (Å²) in [5.41, 5.74) is 1.55. The Balaban J connectivity index is 0.00000192. The third-order valence-electron chi connectivity index (χ3n) is 4.11. The fourth-order valence-electron chi connectivity index (χ4n) is 2.90. The summed E-state index contributed by atoms with van der Waals surface area (Å²) in [6.07, 6.45) is 3.69. The number of sulfonamides is 1. The van der Waals surface area contributed by atoms with Gasteiger partial charge in [0.05, 0.1) is 5.52 Å². The number of fused-ring (bicyclic) bond motifs is 1. The summed E-state index contributed by atoms with van der Waals surface area (Å²) in [5, 5.41) is 4.14. The molecule has 1 aliphatic heterocycles. The molecule has 0 aliphatic carbocycles. The Bertz CT molecular complexity index is 774. The van der Waals surface area contributed by atoms with Gasteiger partial charge >= 0.3 is 0 Å². The molecule has 5 nitrogen and oxygen atoms in total. The molecule has 3 rings (SSSR count). The van der Waals surface area contributed by atoms with Crippen LogP contribution in [0.3, 0.4) is 0 Å². The SMILES string of the molecule is Cc1cnc2c(S(=O)(=O)NCCC3CCNC3)cccc2c1.Cl. The summed E-state index contributed by atoms with van der Waals surface area (Å²) in [6, 6.07) is 7.22. The topological polar surface area (TPSA) is 71.1 Å². The number of pyridine rings is 1. The monoisotopic (exact) mass is 355 g/mol. The maximum atomic E-state index is 12.5. The highest BCUT2D eigenvalue weighted by Crippen LogP contribution is 2.21. The zero-order valence-electron chi connectivity index (χ0n) is 13.1. The van der Waals surface area contributed by atoms with Gasteiger partial charge in [0.15, 0.2) is 0 Å². The zero-order valence-corrected chi connectivity index (χ0v) is 14.7. The van der Waals surface area contributed by atoms with E-state index in [0.717, 1.165) is 36.9 Å². The summed E-state index contributed by atoms with van der Waals surface area (Å²) < 4.78 is 27.8. The second kappa shape index (κ2) is 7.57. The van der Waals surface area contributed by atoms with Crippen LogP contribution in [0.5, 0.6) is 0 Å². The molecule has 0 spiro atoms. The second-order valence-corrected chi connectivity index (χ2v) is 7.62. The van der Waals surface area contributed by atoms with Gasteiger partial charge in [-0.3, -0.25) is 4.98 Å². The lowest BCUT2D eigenvalue weighted by Crippen LogP contribution is -2.27. The van der Waals surface area contributed by atoms with Crippen LogP contribution in [0, 0.1) is 12.8 Å². The van der Waals surface area contributed by atoms with Crippen molar-refractivity contribution < 1.29 is 8.42 Å². The lowest BCUT2D eigenvalue weighted by atomic mass is 10.1. The van der Waals surface area contributed by atoms with Crippen LogP contribution in [-0.4, -0.2) is 33.0 Å². The summed E-state index contributed by atoms with van der Waals surface area (Å²) in [6.45, 7) is 4.43. The highest BCUT2D eigenvalue weighted by atomic mass is 35.5. The molecule has 1 unspecified atom stereocenters. The van der Waals surface area contributed by atoms with Crippen LogP contribution in [0.4, 0.5) is 0 Å². The molecule has 0 bridgehead atoms. The summed E-state index contributed by atoms with van der Waals surface area (Å²) >= 11 is 0. The van der Waals surface area contributed by atoms with Crippen LogP contribution in [0.2, 0.25) is 0 Å². The molecule has 0 saturated carbocycles. The minimum atomic E-state index is -3.52. The van der Waals surface area contributed by atoms with Gasteiger partial charge in [-0.15, -0.1) is 12.4 Å². The maximum Gasteiger partial charge on any atom is 0.242 e. The van der Waals surface area contributed by atoms with E-state index in [2.05, 4.69) is 15.0 Å². The molecule has 0 amide bonds. The number of aromatic nitrogens is 1. The van der Waals surface area contributed by atoms with Crippen LogP contribution in [0.15, 0.2) is 35.4 Å². The fourth-order valence-corrected chi connectivity index (χ4v) is 4.12. The molecule has 23 heavy (non-hydrogen) atoms. The molecule has 2 N–H and O–H groups in total. The van der Waals surface area contributed by atoms with Crippen LogP contribution in [0.25, 0.3) is 10.9 Å². The average Bonchev–Trinajstić information content (AvgIpc) is 2.99. The Morgan fingerprint density at radius 3 is 2.96 bits per heavy atom. The van der Waals surface area contributed by atoms with E-state index in [1.165, 1.54) is 0 Å². The molecule has 2 aromatic rings. The van der Waals surface area contributed by atoms with E-state index in [0.29, 0.717) is 18.0 Å². The van der Waals surface area contributed by atoms with Gasteiger partial charge in [0.1, 0.15) is 4.90 Å². The summed E-state index contributed by atoms with van der Waals surface area (Å²) in [5.74, 6) is 0.566. The maximum absolute atomic E-state index is 12.5. The Labute approximate surface area is 143 Å². The van der Waals surface area contributed by atoms with Gasteiger partial charge in [-0.1, -0.05) is 12.1 Å². The number of para-hydroxylation sites is 1. The molecule has 1 atom stereocenters. The first kappa shape index (κ1) is 18.1. The van der Waals surface area contributed by atoms with Crippen molar-refractivity contribution in [1.29, 1.82) is 0 Å². The summed E-state index contributed by atoms with van der Waals surface area (Å²) in [7, 11) is -3.52. The number of rotatable bonds is 5. The molecular formula is C16H22ClN3O2S. The predicted octanol–water partition coefficient (Wildman–Crippen LogP) is 2.24. The average molecular weight is 356 g/mol. The van der Waals surface area contributed by atoms with Gasteiger partial charge < -0.3 is 5.32 Å². The standard InChI is InChI=1S/C16H21N3O2S.ClH/c1-12-9-14-3-2-4-15(16(14)18-10-12)22(20,21)19-8-6-13-5-7-17-11-13;/h2-4,9-10,13,17,19H,5-8,11H2,1H3;1H. The largest absolute Gasteiger partial charge is 0.316 e. The Kier molecular flexibility index (Phi) is 5.97. The van der Waals surface area contributed by atoms with Crippen molar-refractivity contribution in [2.75, 3.05) is 19.6 Å². The summed E-state index contributed by atoms with van der Waals surface area (Å²) in [4.78, 5) is 4.56. The number of halogens is 1. The number of nitrogens with zero attached hydrogens (tertiary/aromatic N) is 1. The first-order valence-electron chi connectivity index (χ1n) is 7.62. The van der Waals surface area contributed by atoms with Crippen LogP contribution < -0.4 is 10.0 Å². The molecule has 1 aromatic heterocycles. The first-order chi connectivity index (χ1) is 10.6. The smallest absolute Gasteiger partial charge is 0.242 e. The lowest BCUT2D eigenvalue weighted by molar-refractivity contribution is 0.519. The Morgan fingerprint density at radius 2 is 2.22 bits per heavy atom.